The molecule has 0 unspecified atom stereocenters. The maximum atomic E-state index is 9.44. The van der Waals surface area contributed by atoms with Gasteiger partial charge in [0, 0.05) is 24.5 Å². The van der Waals surface area contributed by atoms with Crippen LogP contribution in [0.25, 0.3) is 0 Å². The molecule has 4 nitrogen and oxygen atoms in total. The van der Waals surface area contributed by atoms with Gasteiger partial charge in [-0.15, -0.1) is 0 Å². The number of aliphatic imine (C=N–C) groups is 1. The van der Waals surface area contributed by atoms with Gasteiger partial charge in [-0.05, 0) is 32.9 Å². The summed E-state index contributed by atoms with van der Waals surface area (Å²) in [5, 5.41) is 0. The van der Waals surface area contributed by atoms with E-state index in [4.69, 9.17) is 5.73 Å². The molecule has 4 heteroatoms. The molecule has 124 valence electrons. The minimum absolute atomic E-state index is 0.167. The van der Waals surface area contributed by atoms with Crippen molar-refractivity contribution in [3.05, 3.63) is 23.9 Å². The van der Waals surface area contributed by atoms with Gasteiger partial charge in [-0.1, -0.05) is 41.5 Å². The Morgan fingerprint density at radius 1 is 1.00 bits per heavy atom. The lowest BCUT2D eigenvalue weighted by atomic mass is 10.2. The number of Topliss-reactive ketones (excluding diaryl/α,β-unsaturated/α-hetero) is 1. The highest BCUT2D eigenvalue weighted by Gasteiger charge is 1.94. The third kappa shape index (κ3) is 23.8. The zero-order valence-corrected chi connectivity index (χ0v) is 15.6. The standard InChI is InChI=1S/C8H11N3.C3H6O.3C2H6/c1-6(10-2)7-3-4-8(9)11-5-7;1-3(2)4;3*1-2/h3-5H,1-2H3,(H2,9,11);1-2H3;3*1-2H3. The predicted molar refractivity (Wildman–Crippen MR) is 97.2 cm³/mol. The molecule has 1 heterocycles. The summed E-state index contributed by atoms with van der Waals surface area (Å²) < 4.78 is 0. The van der Waals surface area contributed by atoms with Crippen molar-refractivity contribution in [3.8, 4) is 0 Å². The van der Waals surface area contributed by atoms with E-state index in [-0.39, 0.29) is 5.78 Å². The van der Waals surface area contributed by atoms with Crippen molar-refractivity contribution in [2.45, 2.75) is 62.3 Å². The van der Waals surface area contributed by atoms with Crippen LogP contribution >= 0.6 is 0 Å². The number of aromatic nitrogens is 1. The summed E-state index contributed by atoms with van der Waals surface area (Å²) in [5.74, 6) is 0.706. The highest BCUT2D eigenvalue weighted by molar-refractivity contribution is 5.98. The molecule has 0 amide bonds. The number of pyridine rings is 1. The number of carbonyl (C=O) groups excluding carboxylic acids is 1. The van der Waals surface area contributed by atoms with E-state index in [0.717, 1.165) is 11.3 Å². The summed E-state index contributed by atoms with van der Waals surface area (Å²) in [6.07, 6.45) is 1.72. The molecule has 2 N–H and O–H groups in total. The lowest BCUT2D eigenvalue weighted by molar-refractivity contribution is -0.114. The Bertz CT molecular complexity index is 340. The quantitative estimate of drug-likeness (QED) is 0.759. The molecular weight excluding hydrogens is 262 g/mol. The first-order valence-corrected chi connectivity index (χ1v) is 7.59. The molecule has 21 heavy (non-hydrogen) atoms. The van der Waals surface area contributed by atoms with Gasteiger partial charge in [0.15, 0.2) is 0 Å². The highest BCUT2D eigenvalue weighted by atomic mass is 16.1. The molecule has 1 rings (SSSR count). The molecule has 0 radical (unpaired) electrons. The molecule has 1 aromatic heterocycles. The van der Waals surface area contributed by atoms with E-state index < -0.39 is 0 Å². The second-order valence-electron chi connectivity index (χ2n) is 3.19. The SMILES string of the molecule is CC.CC.CC.CC(C)=O.CN=C(C)c1ccc(N)nc1. The van der Waals surface area contributed by atoms with Crippen molar-refractivity contribution in [1.82, 2.24) is 4.98 Å². The van der Waals surface area contributed by atoms with Crippen LogP contribution in [0.15, 0.2) is 23.3 Å². The molecule has 0 saturated heterocycles. The molecule has 0 aliphatic carbocycles. The fourth-order valence-electron chi connectivity index (χ4n) is 0.748. The largest absolute Gasteiger partial charge is 0.384 e. The molecule has 1 aromatic rings. The molecule has 0 aliphatic rings. The maximum Gasteiger partial charge on any atom is 0.126 e. The summed E-state index contributed by atoms with van der Waals surface area (Å²) in [6, 6.07) is 3.68. The first kappa shape index (κ1) is 27.6. The van der Waals surface area contributed by atoms with E-state index in [1.54, 1.807) is 19.3 Å². The van der Waals surface area contributed by atoms with Gasteiger partial charge < -0.3 is 10.5 Å². The number of hydrogen-bond acceptors (Lipinski definition) is 4. The Morgan fingerprint density at radius 3 is 1.62 bits per heavy atom. The van der Waals surface area contributed by atoms with Gasteiger partial charge in [0.25, 0.3) is 0 Å². The van der Waals surface area contributed by atoms with Gasteiger partial charge >= 0.3 is 0 Å². The van der Waals surface area contributed by atoms with Crippen LogP contribution in [0.2, 0.25) is 0 Å². The fourth-order valence-corrected chi connectivity index (χ4v) is 0.748. The monoisotopic (exact) mass is 297 g/mol. The van der Waals surface area contributed by atoms with Crippen molar-refractivity contribution in [1.29, 1.82) is 0 Å². The average molecular weight is 297 g/mol. The molecule has 0 atom stereocenters. The van der Waals surface area contributed by atoms with Crippen LogP contribution in [-0.2, 0) is 4.79 Å². The van der Waals surface area contributed by atoms with E-state index in [9.17, 15) is 4.79 Å². The average Bonchev–Trinajstić information content (AvgIpc) is 2.52. The minimum Gasteiger partial charge on any atom is -0.384 e. The molecule has 0 fully saturated rings. The lowest BCUT2D eigenvalue weighted by Gasteiger charge is -1.97. The van der Waals surface area contributed by atoms with Crippen LogP contribution < -0.4 is 5.73 Å². The van der Waals surface area contributed by atoms with Gasteiger partial charge in [-0.25, -0.2) is 4.98 Å². The summed E-state index contributed by atoms with van der Waals surface area (Å²) in [6.45, 7) is 17.0. The number of anilines is 1. The molecule has 0 spiro atoms. The van der Waals surface area contributed by atoms with Gasteiger partial charge in [-0.2, -0.15) is 0 Å². The van der Waals surface area contributed by atoms with Gasteiger partial charge in [0.2, 0.25) is 0 Å². The predicted octanol–water partition coefficient (Wildman–Crippen LogP) is 4.78. The van der Waals surface area contributed by atoms with Crippen LogP contribution in [0.3, 0.4) is 0 Å². The van der Waals surface area contributed by atoms with Gasteiger partial charge in [-0.3, -0.25) is 4.99 Å². The lowest BCUT2D eigenvalue weighted by Crippen LogP contribution is -1.96. The Labute approximate surface area is 131 Å². The van der Waals surface area contributed by atoms with E-state index in [0.29, 0.717) is 5.82 Å². The van der Waals surface area contributed by atoms with Gasteiger partial charge in [0.1, 0.15) is 11.6 Å². The van der Waals surface area contributed by atoms with Crippen LogP contribution in [0.4, 0.5) is 5.82 Å². The first-order chi connectivity index (χ1) is 9.97. The summed E-state index contributed by atoms with van der Waals surface area (Å²) in [4.78, 5) is 17.4. The second kappa shape index (κ2) is 23.4. The Kier molecular flexibility index (Phi) is 30.7. The Hall–Kier alpha value is -1.71. The Balaban J connectivity index is -0.000000122. The third-order valence-electron chi connectivity index (χ3n) is 1.54. The molecule has 0 aliphatic heterocycles. The number of hydrogen-bond donors (Lipinski definition) is 1. The fraction of sp³-hybridized carbons (Fsp3) is 0.588. The zero-order valence-electron chi connectivity index (χ0n) is 15.6. The van der Waals surface area contributed by atoms with Crippen LogP contribution in [0.5, 0.6) is 0 Å². The van der Waals surface area contributed by atoms with Crippen LogP contribution in [0.1, 0.15) is 67.9 Å². The van der Waals surface area contributed by atoms with E-state index >= 15 is 0 Å². The van der Waals surface area contributed by atoms with Crippen molar-refractivity contribution < 1.29 is 4.79 Å². The first-order valence-electron chi connectivity index (χ1n) is 7.59. The van der Waals surface area contributed by atoms with Crippen LogP contribution in [-0.4, -0.2) is 23.5 Å². The second-order valence-corrected chi connectivity index (χ2v) is 3.19. The number of rotatable bonds is 1. The minimum atomic E-state index is 0.167. The summed E-state index contributed by atoms with van der Waals surface area (Å²) in [5.41, 5.74) is 7.40. The highest BCUT2D eigenvalue weighted by Crippen LogP contribution is 2.01. The topological polar surface area (TPSA) is 68.3 Å². The molecule has 0 saturated carbocycles. The van der Waals surface area contributed by atoms with Crippen molar-refractivity contribution in [2.75, 3.05) is 12.8 Å². The molecule has 0 aromatic carbocycles. The van der Waals surface area contributed by atoms with E-state index in [2.05, 4.69) is 9.98 Å². The summed E-state index contributed by atoms with van der Waals surface area (Å²) in [7, 11) is 1.76. The third-order valence-corrected chi connectivity index (χ3v) is 1.54. The summed E-state index contributed by atoms with van der Waals surface area (Å²) >= 11 is 0. The van der Waals surface area contributed by atoms with Crippen molar-refractivity contribution in [3.63, 3.8) is 0 Å². The number of nitrogen functional groups attached to an aromatic ring is 1. The van der Waals surface area contributed by atoms with E-state index in [1.165, 1.54) is 13.8 Å². The smallest absolute Gasteiger partial charge is 0.126 e. The van der Waals surface area contributed by atoms with Gasteiger partial charge in [0.05, 0.1) is 0 Å². The zero-order chi connectivity index (χ0) is 17.8. The van der Waals surface area contributed by atoms with Crippen molar-refractivity contribution >= 4 is 17.3 Å². The number of carbonyl (C=O) groups is 1. The van der Waals surface area contributed by atoms with E-state index in [1.807, 2.05) is 54.5 Å². The van der Waals surface area contributed by atoms with Crippen molar-refractivity contribution in [2.24, 2.45) is 4.99 Å². The Morgan fingerprint density at radius 2 is 1.38 bits per heavy atom. The number of nitrogens with zero attached hydrogens (tertiary/aromatic N) is 2. The maximum absolute atomic E-state index is 9.44. The number of nitrogens with two attached hydrogens (primary N) is 1. The van der Waals surface area contributed by atoms with Crippen LogP contribution in [0, 0.1) is 0 Å². The normalized spacial score (nSPS) is 8.19. The number of ketones is 1. The molecule has 0 bridgehead atoms. The molecular formula is C17H35N3O.